The number of halogens is 1. The number of thiophene rings is 1. The first-order chi connectivity index (χ1) is 13.0. The summed E-state index contributed by atoms with van der Waals surface area (Å²) >= 11 is 8.80. The Bertz CT molecular complexity index is 1010. The number of fused-ring (bicyclic) bond motifs is 3. The molecule has 3 aromatic heterocycles. The number of pyridine rings is 1. The molecule has 6 nitrogen and oxygen atoms in total. The lowest BCUT2D eigenvalue weighted by atomic mass is 9.97. The minimum Gasteiger partial charge on any atom is -0.383 e. The summed E-state index contributed by atoms with van der Waals surface area (Å²) in [6, 6.07) is 3.34. The van der Waals surface area contributed by atoms with Crippen molar-refractivity contribution in [2.75, 3.05) is 11.1 Å². The summed E-state index contributed by atoms with van der Waals surface area (Å²) < 4.78 is 0. The largest absolute Gasteiger partial charge is 0.383 e. The molecule has 0 aliphatic heterocycles. The lowest BCUT2D eigenvalue weighted by molar-refractivity contribution is -0.115. The van der Waals surface area contributed by atoms with Crippen LogP contribution in [0.1, 0.15) is 30.2 Å². The Morgan fingerprint density at radius 2 is 2.15 bits per heavy atom. The van der Waals surface area contributed by atoms with E-state index in [0.29, 0.717) is 21.8 Å². The van der Waals surface area contributed by atoms with Gasteiger partial charge in [0.05, 0.1) is 15.7 Å². The van der Waals surface area contributed by atoms with Crippen LogP contribution in [0.25, 0.3) is 10.2 Å². The van der Waals surface area contributed by atoms with Gasteiger partial charge in [0.2, 0.25) is 5.91 Å². The molecule has 140 valence electrons. The number of anilines is 2. The minimum atomic E-state index is -0.395. The topological polar surface area (TPSA) is 93.8 Å². The maximum atomic E-state index is 12.4. The van der Waals surface area contributed by atoms with Crippen molar-refractivity contribution >= 4 is 62.5 Å². The fourth-order valence-electron chi connectivity index (χ4n) is 3.11. The Hall–Kier alpha value is -1.90. The first kappa shape index (κ1) is 18.5. The van der Waals surface area contributed by atoms with Gasteiger partial charge in [-0.05, 0) is 50.3 Å². The number of nitrogens with two attached hydrogens (primary N) is 1. The third-order valence-corrected chi connectivity index (χ3v) is 6.82. The van der Waals surface area contributed by atoms with E-state index >= 15 is 0 Å². The number of thioether (sulfide) groups is 1. The van der Waals surface area contributed by atoms with Gasteiger partial charge in [-0.3, -0.25) is 4.79 Å². The van der Waals surface area contributed by atoms with E-state index in [4.69, 9.17) is 17.3 Å². The van der Waals surface area contributed by atoms with Crippen LogP contribution in [-0.2, 0) is 17.6 Å². The number of aromatic nitrogens is 3. The second kappa shape index (κ2) is 7.61. The first-order valence-corrected chi connectivity index (χ1v) is 10.8. The fourth-order valence-corrected chi connectivity index (χ4v) is 5.32. The van der Waals surface area contributed by atoms with Crippen molar-refractivity contribution in [3.05, 3.63) is 33.8 Å². The van der Waals surface area contributed by atoms with Gasteiger partial charge in [0.1, 0.15) is 16.5 Å². The minimum absolute atomic E-state index is 0.178. The summed E-state index contributed by atoms with van der Waals surface area (Å²) in [4.78, 5) is 27.9. The molecule has 0 bridgehead atoms. The van der Waals surface area contributed by atoms with Crippen molar-refractivity contribution < 1.29 is 4.79 Å². The van der Waals surface area contributed by atoms with Gasteiger partial charge in [0.25, 0.3) is 0 Å². The monoisotopic (exact) mass is 419 g/mol. The molecular weight excluding hydrogens is 402 g/mol. The number of hydrogen-bond donors (Lipinski definition) is 2. The molecule has 1 aliphatic rings. The summed E-state index contributed by atoms with van der Waals surface area (Å²) in [7, 11) is 0. The second-order valence-corrected chi connectivity index (χ2v) is 9.22. The average molecular weight is 420 g/mol. The Morgan fingerprint density at radius 3 is 2.93 bits per heavy atom. The standard InChI is InChI=1S/C18H18ClN5OS2/c1-9(16(25)22-13-7-6-10(19)8-21-13)26-18-23-15(20)14-11-4-2-3-5-12(11)27-17(14)24-18/h6-9H,2-5H2,1H3,(H2,20,23,24)(H,21,22,25). The van der Waals surface area contributed by atoms with E-state index in [1.165, 1.54) is 41.2 Å². The molecule has 3 heterocycles. The predicted octanol–water partition coefficient (Wildman–Crippen LogP) is 4.32. The lowest BCUT2D eigenvalue weighted by Crippen LogP contribution is -2.23. The quantitative estimate of drug-likeness (QED) is 0.483. The number of nitrogen functional groups attached to an aromatic ring is 1. The van der Waals surface area contributed by atoms with E-state index in [1.54, 1.807) is 30.4 Å². The Labute approximate surface area is 169 Å². The Morgan fingerprint density at radius 1 is 1.33 bits per heavy atom. The lowest BCUT2D eigenvalue weighted by Gasteiger charge is -2.12. The van der Waals surface area contributed by atoms with Crippen LogP contribution in [-0.4, -0.2) is 26.1 Å². The predicted molar refractivity (Wildman–Crippen MR) is 112 cm³/mol. The van der Waals surface area contributed by atoms with Crippen molar-refractivity contribution in [3.8, 4) is 0 Å². The van der Waals surface area contributed by atoms with Crippen LogP contribution < -0.4 is 11.1 Å². The molecule has 27 heavy (non-hydrogen) atoms. The fraction of sp³-hybridized carbons (Fsp3) is 0.333. The highest BCUT2D eigenvalue weighted by Crippen LogP contribution is 2.38. The van der Waals surface area contributed by atoms with Gasteiger partial charge < -0.3 is 11.1 Å². The SMILES string of the molecule is CC(Sc1nc(N)c2c3c(sc2n1)CCCC3)C(=O)Nc1ccc(Cl)cn1. The summed E-state index contributed by atoms with van der Waals surface area (Å²) in [6.07, 6.45) is 6.02. The summed E-state index contributed by atoms with van der Waals surface area (Å²) in [5.41, 5.74) is 7.55. The molecule has 0 saturated carbocycles. The van der Waals surface area contributed by atoms with Gasteiger partial charge in [-0.15, -0.1) is 11.3 Å². The van der Waals surface area contributed by atoms with E-state index in [0.717, 1.165) is 23.1 Å². The number of rotatable bonds is 4. The molecule has 0 fully saturated rings. The summed E-state index contributed by atoms with van der Waals surface area (Å²) in [5, 5.41) is 4.41. The first-order valence-electron chi connectivity index (χ1n) is 8.68. The van der Waals surface area contributed by atoms with Crippen LogP contribution in [0.2, 0.25) is 5.02 Å². The number of nitrogens with zero attached hydrogens (tertiary/aromatic N) is 3. The zero-order valence-corrected chi connectivity index (χ0v) is 17.0. The van der Waals surface area contributed by atoms with Crippen molar-refractivity contribution in [1.29, 1.82) is 0 Å². The summed E-state index contributed by atoms with van der Waals surface area (Å²) in [5.74, 6) is 0.787. The average Bonchev–Trinajstić information content (AvgIpc) is 3.02. The highest BCUT2D eigenvalue weighted by molar-refractivity contribution is 8.00. The number of nitrogens with one attached hydrogen (secondary N) is 1. The van der Waals surface area contributed by atoms with E-state index < -0.39 is 5.25 Å². The molecule has 1 unspecified atom stereocenters. The van der Waals surface area contributed by atoms with Gasteiger partial charge in [-0.25, -0.2) is 15.0 Å². The van der Waals surface area contributed by atoms with Crippen molar-refractivity contribution in [2.24, 2.45) is 0 Å². The number of amides is 1. The van der Waals surface area contributed by atoms with Gasteiger partial charge in [-0.2, -0.15) is 0 Å². The number of aryl methyl sites for hydroxylation is 2. The van der Waals surface area contributed by atoms with Crippen LogP contribution in [0.4, 0.5) is 11.6 Å². The van der Waals surface area contributed by atoms with E-state index in [-0.39, 0.29) is 5.91 Å². The normalized spacial score (nSPS) is 14.7. The van der Waals surface area contributed by atoms with Gasteiger partial charge >= 0.3 is 0 Å². The van der Waals surface area contributed by atoms with Gasteiger partial charge in [0, 0.05) is 11.1 Å². The van der Waals surface area contributed by atoms with E-state index in [1.807, 2.05) is 0 Å². The van der Waals surface area contributed by atoms with Crippen LogP contribution in [0.5, 0.6) is 0 Å². The van der Waals surface area contributed by atoms with Crippen LogP contribution >= 0.6 is 34.7 Å². The van der Waals surface area contributed by atoms with Crippen molar-refractivity contribution in [2.45, 2.75) is 43.0 Å². The van der Waals surface area contributed by atoms with Crippen molar-refractivity contribution in [3.63, 3.8) is 0 Å². The molecule has 9 heteroatoms. The van der Waals surface area contributed by atoms with E-state index in [9.17, 15) is 4.79 Å². The van der Waals surface area contributed by atoms with Crippen LogP contribution in [0.15, 0.2) is 23.5 Å². The number of hydrogen-bond acceptors (Lipinski definition) is 7. The zero-order chi connectivity index (χ0) is 19.0. The number of carbonyl (C=O) groups excluding carboxylic acids is 1. The van der Waals surface area contributed by atoms with Gasteiger partial charge in [0.15, 0.2) is 5.16 Å². The number of carbonyl (C=O) groups is 1. The Balaban J connectivity index is 1.52. The second-order valence-electron chi connectivity index (χ2n) is 6.39. The molecular formula is C18H18ClN5OS2. The molecule has 0 saturated heterocycles. The Kier molecular flexibility index (Phi) is 5.21. The smallest absolute Gasteiger partial charge is 0.238 e. The molecule has 1 amide bonds. The zero-order valence-electron chi connectivity index (χ0n) is 14.7. The van der Waals surface area contributed by atoms with Crippen LogP contribution in [0.3, 0.4) is 0 Å². The third-order valence-electron chi connectivity index (χ3n) is 4.45. The maximum absolute atomic E-state index is 12.4. The highest BCUT2D eigenvalue weighted by Gasteiger charge is 2.22. The molecule has 1 aliphatic carbocycles. The molecule has 0 spiro atoms. The molecule has 3 aromatic rings. The molecule has 0 aromatic carbocycles. The molecule has 4 rings (SSSR count). The van der Waals surface area contributed by atoms with Gasteiger partial charge in [-0.1, -0.05) is 23.4 Å². The highest BCUT2D eigenvalue weighted by atomic mass is 35.5. The molecule has 1 atom stereocenters. The molecule has 3 N–H and O–H groups in total. The molecule has 0 radical (unpaired) electrons. The maximum Gasteiger partial charge on any atom is 0.238 e. The van der Waals surface area contributed by atoms with E-state index in [2.05, 4.69) is 20.3 Å². The third kappa shape index (κ3) is 3.88. The summed E-state index contributed by atoms with van der Waals surface area (Å²) in [6.45, 7) is 1.80. The van der Waals surface area contributed by atoms with Crippen LogP contribution in [0, 0.1) is 0 Å². The van der Waals surface area contributed by atoms with Crippen molar-refractivity contribution in [1.82, 2.24) is 15.0 Å².